The summed E-state index contributed by atoms with van der Waals surface area (Å²) in [4.78, 5) is 10.8. The summed E-state index contributed by atoms with van der Waals surface area (Å²) < 4.78 is 4.78. The second-order valence-corrected chi connectivity index (χ2v) is 2.48. The maximum Gasteiger partial charge on any atom is 0.305 e. The molecule has 0 amide bonds. The number of aliphatic hydroxyl groups is 2. The van der Waals surface area contributed by atoms with Crippen molar-refractivity contribution in [2.24, 2.45) is 0 Å². The minimum atomic E-state index is -0.276. The van der Waals surface area contributed by atoms with Crippen molar-refractivity contribution in [3.05, 3.63) is 0 Å². The molecular formula is C8H16O4. The molecule has 72 valence electrons. The molecule has 0 aliphatic carbocycles. The monoisotopic (exact) mass is 176 g/mol. The van der Waals surface area contributed by atoms with E-state index < -0.39 is 0 Å². The van der Waals surface area contributed by atoms with E-state index in [4.69, 9.17) is 14.9 Å². The maximum atomic E-state index is 10.8. The minimum Gasteiger partial charge on any atom is -0.466 e. The van der Waals surface area contributed by atoms with E-state index in [-0.39, 0.29) is 25.6 Å². The van der Waals surface area contributed by atoms with Crippen molar-refractivity contribution < 1.29 is 19.7 Å². The molecule has 0 radical (unpaired) electrons. The Hall–Kier alpha value is -0.610. The predicted molar refractivity (Wildman–Crippen MR) is 43.6 cm³/mol. The van der Waals surface area contributed by atoms with Crippen LogP contribution in [-0.4, -0.2) is 36.0 Å². The van der Waals surface area contributed by atoms with Crippen molar-refractivity contribution in [3.63, 3.8) is 0 Å². The number of hydrogen-bond acceptors (Lipinski definition) is 4. The fourth-order valence-electron chi connectivity index (χ4n) is 0.695. The summed E-state index contributed by atoms with van der Waals surface area (Å²) in [7, 11) is 0. The highest BCUT2D eigenvalue weighted by Gasteiger charge is 2.00. The summed E-state index contributed by atoms with van der Waals surface area (Å²) in [6.07, 6.45) is 2.09. The molecule has 0 aromatic carbocycles. The molecule has 0 aromatic heterocycles. The number of unbranched alkanes of at least 4 members (excludes halogenated alkanes) is 1. The number of esters is 1. The van der Waals surface area contributed by atoms with Crippen molar-refractivity contribution in [1.82, 2.24) is 0 Å². The molecule has 12 heavy (non-hydrogen) atoms. The summed E-state index contributed by atoms with van der Waals surface area (Å²) in [6, 6.07) is 0. The predicted octanol–water partition coefficient (Wildman–Crippen LogP) is 0.0746. The fourth-order valence-corrected chi connectivity index (χ4v) is 0.695. The maximum absolute atomic E-state index is 10.8. The molecule has 0 fully saturated rings. The lowest BCUT2D eigenvalue weighted by atomic mass is 10.3. The fraction of sp³-hybridized carbons (Fsp3) is 0.875. The van der Waals surface area contributed by atoms with Gasteiger partial charge in [0, 0.05) is 19.6 Å². The van der Waals surface area contributed by atoms with E-state index in [0.29, 0.717) is 25.9 Å². The number of carbonyl (C=O) groups is 1. The minimum absolute atomic E-state index is 0.0196. The van der Waals surface area contributed by atoms with Gasteiger partial charge < -0.3 is 14.9 Å². The van der Waals surface area contributed by atoms with Crippen LogP contribution in [0, 0.1) is 0 Å². The van der Waals surface area contributed by atoms with Gasteiger partial charge in [0.2, 0.25) is 0 Å². The Morgan fingerprint density at radius 3 is 2.33 bits per heavy atom. The van der Waals surface area contributed by atoms with Gasteiger partial charge in [-0.1, -0.05) is 0 Å². The van der Waals surface area contributed by atoms with Crippen molar-refractivity contribution in [2.45, 2.75) is 25.7 Å². The quantitative estimate of drug-likeness (QED) is 0.425. The molecule has 0 aliphatic heterocycles. The van der Waals surface area contributed by atoms with Crippen molar-refractivity contribution in [1.29, 1.82) is 0 Å². The molecule has 0 saturated carbocycles. The van der Waals surface area contributed by atoms with Gasteiger partial charge in [0.1, 0.15) is 0 Å². The standard InChI is InChI=1S/C8H16O4/c9-5-1-2-7-12-8(11)4-3-6-10/h9-10H,1-7H2. The lowest BCUT2D eigenvalue weighted by Gasteiger charge is -2.02. The largest absolute Gasteiger partial charge is 0.466 e. The van der Waals surface area contributed by atoms with E-state index in [1.807, 2.05) is 0 Å². The second kappa shape index (κ2) is 8.49. The van der Waals surface area contributed by atoms with E-state index in [9.17, 15) is 4.79 Å². The Kier molecular flexibility index (Phi) is 8.05. The Labute approximate surface area is 72.2 Å². The van der Waals surface area contributed by atoms with Crippen LogP contribution >= 0.6 is 0 Å². The van der Waals surface area contributed by atoms with Crippen LogP contribution in [0.3, 0.4) is 0 Å². The molecule has 4 heteroatoms. The van der Waals surface area contributed by atoms with Crippen LogP contribution in [0.15, 0.2) is 0 Å². The van der Waals surface area contributed by atoms with Crippen molar-refractivity contribution in [2.75, 3.05) is 19.8 Å². The van der Waals surface area contributed by atoms with Crippen LogP contribution in [0.25, 0.3) is 0 Å². The van der Waals surface area contributed by atoms with E-state index in [0.717, 1.165) is 0 Å². The normalized spacial score (nSPS) is 9.83. The van der Waals surface area contributed by atoms with Crippen LogP contribution in [0.4, 0.5) is 0 Å². The molecule has 0 aromatic rings. The van der Waals surface area contributed by atoms with Gasteiger partial charge in [-0.05, 0) is 19.3 Å². The van der Waals surface area contributed by atoms with Crippen LogP contribution < -0.4 is 0 Å². The first-order valence-corrected chi connectivity index (χ1v) is 4.18. The summed E-state index contributed by atoms with van der Waals surface area (Å²) in [5.74, 6) is -0.276. The average Bonchev–Trinajstić information content (AvgIpc) is 2.09. The van der Waals surface area contributed by atoms with Crippen LogP contribution in [0.2, 0.25) is 0 Å². The topological polar surface area (TPSA) is 66.8 Å². The molecule has 0 bridgehead atoms. The summed E-state index contributed by atoms with van der Waals surface area (Å²) in [5.41, 5.74) is 0. The first kappa shape index (κ1) is 11.4. The van der Waals surface area contributed by atoms with E-state index >= 15 is 0 Å². The van der Waals surface area contributed by atoms with E-state index in [2.05, 4.69) is 0 Å². The second-order valence-electron chi connectivity index (χ2n) is 2.48. The molecule has 0 atom stereocenters. The van der Waals surface area contributed by atoms with Crippen molar-refractivity contribution in [3.8, 4) is 0 Å². The first-order valence-electron chi connectivity index (χ1n) is 4.18. The highest BCUT2D eigenvalue weighted by Crippen LogP contribution is 1.94. The van der Waals surface area contributed by atoms with Crippen LogP contribution in [-0.2, 0) is 9.53 Å². The van der Waals surface area contributed by atoms with Gasteiger partial charge in [-0.15, -0.1) is 0 Å². The summed E-state index contributed by atoms with van der Waals surface area (Å²) in [5, 5.41) is 16.8. The van der Waals surface area contributed by atoms with Gasteiger partial charge in [0.15, 0.2) is 0 Å². The lowest BCUT2D eigenvalue weighted by molar-refractivity contribution is -0.144. The third-order valence-electron chi connectivity index (χ3n) is 1.35. The van der Waals surface area contributed by atoms with Gasteiger partial charge in [-0.2, -0.15) is 0 Å². The zero-order chi connectivity index (χ0) is 9.23. The van der Waals surface area contributed by atoms with Gasteiger partial charge in [0.05, 0.1) is 6.61 Å². The average molecular weight is 176 g/mol. The molecule has 0 rings (SSSR count). The third-order valence-corrected chi connectivity index (χ3v) is 1.35. The SMILES string of the molecule is O=C(CCCO)OCCCCO. The number of ether oxygens (including phenoxy) is 1. The van der Waals surface area contributed by atoms with E-state index in [1.165, 1.54) is 0 Å². The van der Waals surface area contributed by atoms with Gasteiger partial charge in [-0.3, -0.25) is 4.79 Å². The Morgan fingerprint density at radius 2 is 1.75 bits per heavy atom. The molecular weight excluding hydrogens is 160 g/mol. The number of hydrogen-bond donors (Lipinski definition) is 2. The van der Waals surface area contributed by atoms with Crippen LogP contribution in [0.5, 0.6) is 0 Å². The molecule has 0 heterocycles. The van der Waals surface area contributed by atoms with Crippen LogP contribution in [0.1, 0.15) is 25.7 Å². The molecule has 0 aliphatic rings. The molecule has 2 N–H and O–H groups in total. The first-order chi connectivity index (χ1) is 5.81. The summed E-state index contributed by atoms with van der Waals surface area (Å²) in [6.45, 7) is 0.519. The number of aliphatic hydroxyl groups excluding tert-OH is 2. The summed E-state index contributed by atoms with van der Waals surface area (Å²) >= 11 is 0. The smallest absolute Gasteiger partial charge is 0.305 e. The van der Waals surface area contributed by atoms with Gasteiger partial charge >= 0.3 is 5.97 Å². The van der Waals surface area contributed by atoms with Crippen molar-refractivity contribution >= 4 is 5.97 Å². The Balaban J connectivity index is 3.08. The molecule has 0 unspecified atom stereocenters. The third kappa shape index (κ3) is 7.50. The molecule has 0 spiro atoms. The highest BCUT2D eigenvalue weighted by molar-refractivity contribution is 5.69. The zero-order valence-corrected chi connectivity index (χ0v) is 7.16. The van der Waals surface area contributed by atoms with E-state index in [1.54, 1.807) is 0 Å². The van der Waals surface area contributed by atoms with Gasteiger partial charge in [0.25, 0.3) is 0 Å². The molecule has 4 nitrogen and oxygen atoms in total. The molecule has 0 saturated heterocycles. The zero-order valence-electron chi connectivity index (χ0n) is 7.16. The Morgan fingerprint density at radius 1 is 1.08 bits per heavy atom. The number of carbonyl (C=O) groups excluding carboxylic acids is 1. The number of rotatable bonds is 7. The highest BCUT2D eigenvalue weighted by atomic mass is 16.5. The van der Waals surface area contributed by atoms with Gasteiger partial charge in [-0.25, -0.2) is 0 Å². The Bertz CT molecular complexity index is 114. The lowest BCUT2D eigenvalue weighted by Crippen LogP contribution is -2.06.